The molecule has 25 heavy (non-hydrogen) atoms. The van der Waals surface area contributed by atoms with Crippen molar-refractivity contribution < 1.29 is 4.39 Å². The predicted octanol–water partition coefficient (Wildman–Crippen LogP) is 5.03. The number of nitrogens with zero attached hydrogens (tertiary/aromatic N) is 3. The number of rotatable bonds is 3. The van der Waals surface area contributed by atoms with Gasteiger partial charge in [0.2, 0.25) is 0 Å². The quantitative estimate of drug-likeness (QED) is 0.527. The fraction of sp³-hybridized carbons (Fsp3) is 0. The lowest BCUT2D eigenvalue weighted by molar-refractivity contribution is 0.628. The first-order valence-electron chi connectivity index (χ1n) is 7.77. The molecule has 5 heteroatoms. The molecule has 0 atom stereocenters. The lowest BCUT2D eigenvalue weighted by Gasteiger charge is -2.11. The molecular formula is C20H14FN3S. The van der Waals surface area contributed by atoms with Crippen LogP contribution in [0, 0.1) is 5.82 Å². The molecule has 0 saturated carbocycles. The van der Waals surface area contributed by atoms with Gasteiger partial charge in [-0.15, -0.1) is 12.6 Å². The summed E-state index contributed by atoms with van der Waals surface area (Å²) in [5, 5.41) is 0.567. The van der Waals surface area contributed by atoms with Crippen molar-refractivity contribution in [2.75, 3.05) is 0 Å². The topological polar surface area (TPSA) is 30.7 Å². The largest absolute Gasteiger partial charge is 0.287 e. The first-order valence-corrected chi connectivity index (χ1v) is 8.22. The van der Waals surface area contributed by atoms with Gasteiger partial charge in [0.25, 0.3) is 0 Å². The van der Waals surface area contributed by atoms with E-state index in [-0.39, 0.29) is 5.82 Å². The van der Waals surface area contributed by atoms with Gasteiger partial charge in [-0.2, -0.15) is 0 Å². The van der Waals surface area contributed by atoms with Gasteiger partial charge in [0, 0.05) is 29.2 Å². The number of benzene rings is 2. The molecule has 4 aromatic rings. The number of imidazole rings is 1. The van der Waals surface area contributed by atoms with Gasteiger partial charge in [-0.05, 0) is 48.5 Å². The van der Waals surface area contributed by atoms with E-state index in [9.17, 15) is 4.39 Å². The lowest BCUT2D eigenvalue weighted by Crippen LogP contribution is -1.98. The summed E-state index contributed by atoms with van der Waals surface area (Å²) in [7, 11) is 0. The lowest BCUT2D eigenvalue weighted by atomic mass is 10.1. The van der Waals surface area contributed by atoms with Crippen molar-refractivity contribution in [1.29, 1.82) is 0 Å². The molecular weight excluding hydrogens is 333 g/mol. The number of aromatic nitrogens is 3. The van der Waals surface area contributed by atoms with Crippen LogP contribution in [0.3, 0.4) is 0 Å². The van der Waals surface area contributed by atoms with Gasteiger partial charge in [0.15, 0.2) is 5.16 Å². The highest BCUT2D eigenvalue weighted by molar-refractivity contribution is 7.80. The van der Waals surface area contributed by atoms with E-state index in [0.717, 1.165) is 28.2 Å². The zero-order valence-corrected chi connectivity index (χ0v) is 14.1. The van der Waals surface area contributed by atoms with Gasteiger partial charge >= 0.3 is 0 Å². The highest BCUT2D eigenvalue weighted by Crippen LogP contribution is 2.35. The Morgan fingerprint density at radius 1 is 0.800 bits per heavy atom. The Morgan fingerprint density at radius 3 is 2.16 bits per heavy atom. The minimum absolute atomic E-state index is 0.275. The Bertz CT molecular complexity index is 997. The van der Waals surface area contributed by atoms with Crippen molar-refractivity contribution in [3.8, 4) is 28.2 Å². The first kappa shape index (κ1) is 15.6. The SMILES string of the molecule is Fc1ccc(-c2nc(S)n(-c3ccccc3)c2-c2ccncc2)cc1. The Kier molecular flexibility index (Phi) is 4.07. The number of hydrogen-bond acceptors (Lipinski definition) is 3. The van der Waals surface area contributed by atoms with E-state index >= 15 is 0 Å². The molecule has 0 unspecified atom stereocenters. The minimum atomic E-state index is -0.275. The molecule has 2 aromatic carbocycles. The van der Waals surface area contributed by atoms with E-state index in [2.05, 4.69) is 22.6 Å². The van der Waals surface area contributed by atoms with E-state index in [1.54, 1.807) is 24.5 Å². The molecule has 0 amide bonds. The van der Waals surface area contributed by atoms with Gasteiger partial charge in [-0.25, -0.2) is 9.37 Å². The van der Waals surface area contributed by atoms with Gasteiger partial charge in [-0.1, -0.05) is 18.2 Å². The molecule has 2 aromatic heterocycles. The second-order valence-corrected chi connectivity index (χ2v) is 5.92. The Hall–Kier alpha value is -2.92. The summed E-state index contributed by atoms with van der Waals surface area (Å²) < 4.78 is 15.3. The van der Waals surface area contributed by atoms with Gasteiger partial charge < -0.3 is 0 Å². The van der Waals surface area contributed by atoms with Gasteiger partial charge in [0.05, 0.1) is 11.4 Å². The molecule has 2 heterocycles. The van der Waals surface area contributed by atoms with E-state index < -0.39 is 0 Å². The zero-order chi connectivity index (χ0) is 17.2. The molecule has 0 bridgehead atoms. The summed E-state index contributed by atoms with van der Waals surface area (Å²) in [5.74, 6) is -0.275. The second kappa shape index (κ2) is 6.53. The molecule has 0 N–H and O–H groups in total. The molecule has 0 spiro atoms. The summed E-state index contributed by atoms with van der Waals surface area (Å²) in [5.41, 5.74) is 4.40. The third-order valence-corrected chi connectivity index (χ3v) is 4.25. The number of para-hydroxylation sites is 1. The molecule has 0 aliphatic rings. The van der Waals surface area contributed by atoms with Crippen LogP contribution in [0.15, 0.2) is 84.3 Å². The Morgan fingerprint density at radius 2 is 1.48 bits per heavy atom. The number of pyridine rings is 1. The van der Waals surface area contributed by atoms with Crippen LogP contribution in [0.25, 0.3) is 28.2 Å². The maximum absolute atomic E-state index is 13.3. The zero-order valence-electron chi connectivity index (χ0n) is 13.2. The van der Waals surface area contributed by atoms with Crippen molar-refractivity contribution >= 4 is 12.6 Å². The van der Waals surface area contributed by atoms with Crippen LogP contribution in [0.5, 0.6) is 0 Å². The summed E-state index contributed by atoms with van der Waals surface area (Å²) in [6, 6.07) is 20.1. The average Bonchev–Trinajstić information content (AvgIpc) is 3.01. The van der Waals surface area contributed by atoms with Crippen LogP contribution in [0.2, 0.25) is 0 Å². The molecule has 4 rings (SSSR count). The highest BCUT2D eigenvalue weighted by atomic mass is 32.1. The van der Waals surface area contributed by atoms with Crippen LogP contribution in [0.1, 0.15) is 0 Å². The molecule has 3 nitrogen and oxygen atoms in total. The maximum Gasteiger partial charge on any atom is 0.170 e. The highest BCUT2D eigenvalue weighted by Gasteiger charge is 2.19. The fourth-order valence-electron chi connectivity index (χ4n) is 2.82. The van der Waals surface area contributed by atoms with Crippen molar-refractivity contribution in [3.05, 3.63) is 84.9 Å². The molecule has 122 valence electrons. The minimum Gasteiger partial charge on any atom is -0.287 e. The van der Waals surface area contributed by atoms with Crippen LogP contribution in [-0.2, 0) is 0 Å². The van der Waals surface area contributed by atoms with Crippen LogP contribution in [-0.4, -0.2) is 14.5 Å². The number of thiol groups is 1. The fourth-order valence-corrected chi connectivity index (χ4v) is 3.13. The third kappa shape index (κ3) is 2.94. The Labute approximate surface area is 150 Å². The summed E-state index contributed by atoms with van der Waals surface area (Å²) >= 11 is 4.58. The van der Waals surface area contributed by atoms with Crippen LogP contribution >= 0.6 is 12.6 Å². The van der Waals surface area contributed by atoms with E-state index in [1.807, 2.05) is 47.0 Å². The predicted molar refractivity (Wildman–Crippen MR) is 99.4 cm³/mol. The average molecular weight is 347 g/mol. The monoisotopic (exact) mass is 347 g/mol. The molecule has 0 radical (unpaired) electrons. The van der Waals surface area contributed by atoms with E-state index in [1.165, 1.54) is 12.1 Å². The molecule has 0 saturated heterocycles. The van der Waals surface area contributed by atoms with Crippen LogP contribution < -0.4 is 0 Å². The van der Waals surface area contributed by atoms with Crippen molar-refractivity contribution in [3.63, 3.8) is 0 Å². The number of halogens is 1. The first-order chi connectivity index (χ1) is 12.2. The molecule has 0 fully saturated rings. The normalized spacial score (nSPS) is 10.8. The Balaban J connectivity index is 2.01. The standard InChI is InChI=1S/C20H14FN3S/c21-16-8-6-14(7-9-16)18-19(15-10-12-22-13-11-15)24(20(25)23-18)17-4-2-1-3-5-17/h1-13H,(H,23,25). The smallest absolute Gasteiger partial charge is 0.170 e. The van der Waals surface area contributed by atoms with E-state index in [0.29, 0.717) is 5.16 Å². The summed E-state index contributed by atoms with van der Waals surface area (Å²) in [4.78, 5) is 8.74. The summed E-state index contributed by atoms with van der Waals surface area (Å²) in [6.45, 7) is 0. The second-order valence-electron chi connectivity index (χ2n) is 5.52. The van der Waals surface area contributed by atoms with Crippen molar-refractivity contribution in [2.24, 2.45) is 0 Å². The van der Waals surface area contributed by atoms with E-state index in [4.69, 9.17) is 0 Å². The van der Waals surface area contributed by atoms with Gasteiger partial charge in [0.1, 0.15) is 5.82 Å². The van der Waals surface area contributed by atoms with Gasteiger partial charge in [-0.3, -0.25) is 9.55 Å². The van der Waals surface area contributed by atoms with Crippen molar-refractivity contribution in [1.82, 2.24) is 14.5 Å². The molecule has 0 aliphatic carbocycles. The maximum atomic E-state index is 13.3. The third-order valence-electron chi connectivity index (χ3n) is 3.95. The van der Waals surface area contributed by atoms with Crippen LogP contribution in [0.4, 0.5) is 4.39 Å². The summed E-state index contributed by atoms with van der Waals surface area (Å²) in [6.07, 6.45) is 3.48. The number of hydrogen-bond donors (Lipinski definition) is 1. The van der Waals surface area contributed by atoms with Crippen molar-refractivity contribution in [2.45, 2.75) is 5.16 Å². The molecule has 0 aliphatic heterocycles.